The molecule has 5 N–H and O–H groups in total. The third-order valence-electron chi connectivity index (χ3n) is 3.04. The summed E-state index contributed by atoms with van der Waals surface area (Å²) in [6, 6.07) is 4.94. The summed E-state index contributed by atoms with van der Waals surface area (Å²) in [6.07, 6.45) is 1.51. The summed E-state index contributed by atoms with van der Waals surface area (Å²) in [4.78, 5) is 12.0. The van der Waals surface area contributed by atoms with Gasteiger partial charge in [-0.1, -0.05) is 0 Å². The number of carbonyl (C=O) groups is 1. The standard InChI is InChI=1S/C12H17N3O2S/c13-8-1-2-10(11(14)7-8)12(16)15-9-3-5-18(17)6-4-9/h1-2,7,9H,3-6,13-14H2,(H,15,16). The van der Waals surface area contributed by atoms with Crippen LogP contribution in [0.15, 0.2) is 18.2 Å². The van der Waals surface area contributed by atoms with Gasteiger partial charge in [0.25, 0.3) is 5.91 Å². The summed E-state index contributed by atoms with van der Waals surface area (Å²) < 4.78 is 11.2. The van der Waals surface area contributed by atoms with Crippen molar-refractivity contribution in [2.75, 3.05) is 23.0 Å². The average molecular weight is 267 g/mol. The summed E-state index contributed by atoms with van der Waals surface area (Å²) in [5.41, 5.74) is 12.7. The Morgan fingerprint density at radius 2 is 1.94 bits per heavy atom. The first-order chi connectivity index (χ1) is 8.56. The molecule has 98 valence electrons. The molecule has 1 heterocycles. The number of carbonyl (C=O) groups excluding carboxylic acids is 1. The first-order valence-electron chi connectivity index (χ1n) is 5.87. The maximum Gasteiger partial charge on any atom is 0.253 e. The fraction of sp³-hybridized carbons (Fsp3) is 0.417. The number of benzene rings is 1. The van der Waals surface area contributed by atoms with Crippen LogP contribution in [0, 0.1) is 0 Å². The number of amides is 1. The zero-order valence-electron chi connectivity index (χ0n) is 10.0. The van der Waals surface area contributed by atoms with Crippen molar-refractivity contribution in [2.45, 2.75) is 18.9 Å². The van der Waals surface area contributed by atoms with E-state index in [-0.39, 0.29) is 11.9 Å². The largest absolute Gasteiger partial charge is 0.399 e. The minimum Gasteiger partial charge on any atom is -0.399 e. The number of nitrogen functional groups attached to an aromatic ring is 2. The highest BCUT2D eigenvalue weighted by Gasteiger charge is 2.20. The topological polar surface area (TPSA) is 98.2 Å². The second kappa shape index (κ2) is 5.39. The van der Waals surface area contributed by atoms with E-state index in [1.807, 2.05) is 0 Å². The zero-order valence-corrected chi connectivity index (χ0v) is 10.8. The molecule has 0 spiro atoms. The second-order valence-electron chi connectivity index (χ2n) is 4.44. The van der Waals surface area contributed by atoms with Gasteiger partial charge < -0.3 is 16.8 Å². The van der Waals surface area contributed by atoms with E-state index in [0.717, 1.165) is 12.8 Å². The molecule has 18 heavy (non-hydrogen) atoms. The van der Waals surface area contributed by atoms with Crippen LogP contribution in [0.5, 0.6) is 0 Å². The van der Waals surface area contributed by atoms with Gasteiger partial charge in [0.05, 0.1) is 5.56 Å². The molecule has 0 bridgehead atoms. The molecule has 1 amide bonds. The Balaban J connectivity index is 2.01. The Labute approximate surface area is 108 Å². The van der Waals surface area contributed by atoms with Crippen LogP contribution in [-0.4, -0.2) is 27.7 Å². The van der Waals surface area contributed by atoms with Crippen LogP contribution in [0.2, 0.25) is 0 Å². The van der Waals surface area contributed by atoms with Crippen molar-refractivity contribution in [1.82, 2.24) is 5.32 Å². The van der Waals surface area contributed by atoms with Gasteiger partial charge in [-0.3, -0.25) is 9.00 Å². The molecular weight excluding hydrogens is 250 g/mol. The van der Waals surface area contributed by atoms with E-state index >= 15 is 0 Å². The number of hydrogen-bond acceptors (Lipinski definition) is 4. The first-order valence-corrected chi connectivity index (χ1v) is 7.36. The van der Waals surface area contributed by atoms with Crippen molar-refractivity contribution >= 4 is 28.1 Å². The SMILES string of the molecule is Nc1ccc(C(=O)NC2CCS(=O)CC2)c(N)c1. The van der Waals surface area contributed by atoms with Crippen LogP contribution in [0.25, 0.3) is 0 Å². The van der Waals surface area contributed by atoms with Crippen molar-refractivity contribution in [3.05, 3.63) is 23.8 Å². The second-order valence-corrected chi connectivity index (χ2v) is 6.14. The Morgan fingerprint density at radius 1 is 1.28 bits per heavy atom. The Morgan fingerprint density at radius 3 is 2.56 bits per heavy atom. The molecule has 0 radical (unpaired) electrons. The highest BCUT2D eigenvalue weighted by Crippen LogP contribution is 2.17. The summed E-state index contributed by atoms with van der Waals surface area (Å²) in [5, 5.41) is 2.92. The predicted octanol–water partition coefficient (Wildman–Crippen LogP) is 0.492. The summed E-state index contributed by atoms with van der Waals surface area (Å²) in [6.45, 7) is 0. The van der Waals surface area contributed by atoms with Crippen molar-refractivity contribution in [1.29, 1.82) is 0 Å². The molecule has 1 aliphatic rings. The van der Waals surface area contributed by atoms with Crippen molar-refractivity contribution in [3.8, 4) is 0 Å². The van der Waals surface area contributed by atoms with E-state index in [1.54, 1.807) is 18.2 Å². The van der Waals surface area contributed by atoms with Gasteiger partial charge in [0, 0.05) is 39.7 Å². The normalized spacial score (nSPS) is 23.6. The fourth-order valence-corrected chi connectivity index (χ4v) is 3.29. The van der Waals surface area contributed by atoms with Crippen LogP contribution in [0.1, 0.15) is 23.2 Å². The Kier molecular flexibility index (Phi) is 3.86. The van der Waals surface area contributed by atoms with Gasteiger partial charge in [0.2, 0.25) is 0 Å². The molecule has 2 rings (SSSR count). The highest BCUT2D eigenvalue weighted by molar-refractivity contribution is 7.85. The lowest BCUT2D eigenvalue weighted by Gasteiger charge is -2.22. The van der Waals surface area contributed by atoms with Gasteiger partial charge in [-0.15, -0.1) is 0 Å². The van der Waals surface area contributed by atoms with Crippen molar-refractivity contribution in [3.63, 3.8) is 0 Å². The van der Waals surface area contributed by atoms with E-state index in [1.165, 1.54) is 0 Å². The Bertz CT molecular complexity index is 480. The number of anilines is 2. The third-order valence-corrected chi connectivity index (χ3v) is 4.43. The van der Waals surface area contributed by atoms with Crippen LogP contribution in [0.4, 0.5) is 11.4 Å². The van der Waals surface area contributed by atoms with Crippen LogP contribution >= 0.6 is 0 Å². The smallest absolute Gasteiger partial charge is 0.253 e. The molecule has 0 aliphatic carbocycles. The minimum atomic E-state index is -0.720. The molecule has 6 heteroatoms. The van der Waals surface area contributed by atoms with E-state index in [0.29, 0.717) is 28.4 Å². The first kappa shape index (κ1) is 12.9. The van der Waals surface area contributed by atoms with Gasteiger partial charge in [0.1, 0.15) is 0 Å². The lowest BCUT2D eigenvalue weighted by molar-refractivity contribution is 0.0935. The summed E-state index contributed by atoms with van der Waals surface area (Å²) >= 11 is 0. The summed E-state index contributed by atoms with van der Waals surface area (Å²) in [5.74, 6) is 1.12. The Hall–Kier alpha value is -1.56. The number of rotatable bonds is 2. The van der Waals surface area contributed by atoms with E-state index in [2.05, 4.69) is 5.32 Å². The van der Waals surface area contributed by atoms with E-state index in [9.17, 15) is 9.00 Å². The monoisotopic (exact) mass is 267 g/mol. The molecule has 1 aliphatic heterocycles. The molecule has 0 atom stereocenters. The highest BCUT2D eigenvalue weighted by atomic mass is 32.2. The third kappa shape index (κ3) is 3.01. The number of nitrogens with one attached hydrogen (secondary N) is 1. The molecule has 0 saturated carbocycles. The van der Waals surface area contributed by atoms with Gasteiger partial charge in [0.15, 0.2) is 0 Å². The lowest BCUT2D eigenvalue weighted by atomic mass is 10.1. The van der Waals surface area contributed by atoms with Crippen LogP contribution in [-0.2, 0) is 10.8 Å². The quantitative estimate of drug-likeness (QED) is 0.679. The van der Waals surface area contributed by atoms with E-state index < -0.39 is 10.8 Å². The van der Waals surface area contributed by atoms with Gasteiger partial charge in [-0.05, 0) is 31.0 Å². The zero-order chi connectivity index (χ0) is 13.1. The fourth-order valence-electron chi connectivity index (χ4n) is 1.99. The summed E-state index contributed by atoms with van der Waals surface area (Å²) in [7, 11) is -0.720. The molecule has 1 saturated heterocycles. The maximum absolute atomic E-state index is 12.0. The molecule has 0 aromatic heterocycles. The maximum atomic E-state index is 12.0. The van der Waals surface area contributed by atoms with Gasteiger partial charge in [-0.25, -0.2) is 0 Å². The molecule has 1 fully saturated rings. The lowest BCUT2D eigenvalue weighted by Crippen LogP contribution is -2.39. The van der Waals surface area contributed by atoms with Crippen molar-refractivity contribution < 1.29 is 9.00 Å². The predicted molar refractivity (Wildman–Crippen MR) is 73.6 cm³/mol. The van der Waals surface area contributed by atoms with E-state index in [4.69, 9.17) is 11.5 Å². The molecule has 1 aromatic rings. The average Bonchev–Trinajstić information content (AvgIpc) is 2.32. The molecular formula is C12H17N3O2S. The number of hydrogen-bond donors (Lipinski definition) is 3. The van der Waals surface area contributed by atoms with Crippen LogP contribution in [0.3, 0.4) is 0 Å². The molecule has 5 nitrogen and oxygen atoms in total. The number of nitrogens with two attached hydrogens (primary N) is 2. The van der Waals surface area contributed by atoms with Crippen molar-refractivity contribution in [2.24, 2.45) is 0 Å². The van der Waals surface area contributed by atoms with Gasteiger partial charge >= 0.3 is 0 Å². The molecule has 0 unspecified atom stereocenters. The minimum absolute atomic E-state index is 0.0900. The van der Waals surface area contributed by atoms with Gasteiger partial charge in [-0.2, -0.15) is 0 Å². The molecule has 1 aromatic carbocycles. The van der Waals surface area contributed by atoms with Crippen LogP contribution < -0.4 is 16.8 Å².